The van der Waals surface area contributed by atoms with E-state index >= 15 is 0 Å². The molecule has 36 heavy (non-hydrogen) atoms. The maximum Gasteiger partial charge on any atom is 0.335 e. The first-order valence-corrected chi connectivity index (χ1v) is 22.9. The second kappa shape index (κ2) is 12.3. The van der Waals surface area contributed by atoms with Crippen molar-refractivity contribution >= 4 is 23.7 Å². The van der Waals surface area contributed by atoms with Gasteiger partial charge in [0.05, 0.1) is 19.4 Å². The van der Waals surface area contributed by atoms with Gasteiger partial charge in [-0.25, -0.2) is 0 Å². The van der Waals surface area contributed by atoms with Gasteiger partial charge < -0.3 is 9.05 Å². The molecular formula is C28H54NO4PSi2. The number of hydrogen-bond donors (Lipinski definition) is 0. The van der Waals surface area contributed by atoms with Crippen LogP contribution in [-0.4, -0.2) is 45.5 Å². The normalized spacial score (nSPS) is 19.9. The lowest BCUT2D eigenvalue weighted by atomic mass is 9.82. The van der Waals surface area contributed by atoms with Crippen LogP contribution in [0.25, 0.3) is 0 Å². The van der Waals surface area contributed by atoms with Crippen molar-refractivity contribution in [3.05, 3.63) is 35.4 Å². The van der Waals surface area contributed by atoms with Crippen molar-refractivity contribution in [1.82, 2.24) is 5.06 Å². The summed E-state index contributed by atoms with van der Waals surface area (Å²) in [6.45, 7) is 26.0. The molecule has 0 saturated carbocycles. The third kappa shape index (κ3) is 10.5. The average Bonchev–Trinajstić information content (AvgIpc) is 2.69. The van der Waals surface area contributed by atoms with Crippen molar-refractivity contribution in [3.63, 3.8) is 0 Å². The minimum absolute atomic E-state index is 0.00307. The van der Waals surface area contributed by atoms with E-state index in [1.165, 1.54) is 6.42 Å². The fourth-order valence-electron chi connectivity index (χ4n) is 4.71. The molecule has 2 rings (SSSR count). The van der Waals surface area contributed by atoms with E-state index in [-0.39, 0.29) is 17.2 Å². The van der Waals surface area contributed by atoms with Crippen LogP contribution < -0.4 is 0 Å². The van der Waals surface area contributed by atoms with Crippen molar-refractivity contribution in [2.24, 2.45) is 0 Å². The Hall–Kier alpha value is -0.276. The monoisotopic (exact) mass is 555 g/mol. The van der Waals surface area contributed by atoms with Crippen molar-refractivity contribution in [1.29, 1.82) is 0 Å². The molecule has 1 atom stereocenters. The van der Waals surface area contributed by atoms with Crippen molar-refractivity contribution in [3.8, 4) is 0 Å². The van der Waals surface area contributed by atoms with Crippen LogP contribution in [0.3, 0.4) is 0 Å². The Kier molecular flexibility index (Phi) is 10.9. The fraction of sp³-hybridized carbons (Fsp3) is 0.786. The summed E-state index contributed by atoms with van der Waals surface area (Å²) in [5.74, 6) is 0. The number of hydrogen-bond acceptors (Lipinski definition) is 5. The van der Waals surface area contributed by atoms with Crippen LogP contribution in [0.1, 0.15) is 71.1 Å². The Morgan fingerprint density at radius 3 is 1.72 bits per heavy atom. The molecule has 5 nitrogen and oxygen atoms in total. The first kappa shape index (κ1) is 31.9. The Morgan fingerprint density at radius 1 is 0.861 bits per heavy atom. The smallest absolute Gasteiger partial charge is 0.309 e. The standard InChI is InChI=1S/C28H54NO4PSi2/c1-24(33-29-27(2,3)17-12-18-28(29,4)5)26-15-13-25(14-16-26)23-34(30,31-19-21-35(6,7)8)32-20-22-36(9,10)11/h13-16,24H,12,17-23H2,1-11H3. The van der Waals surface area contributed by atoms with Gasteiger partial charge in [0, 0.05) is 27.2 Å². The molecule has 0 radical (unpaired) electrons. The van der Waals surface area contributed by atoms with E-state index in [0.717, 1.165) is 36.1 Å². The predicted molar refractivity (Wildman–Crippen MR) is 159 cm³/mol. The largest absolute Gasteiger partial charge is 0.335 e. The van der Waals surface area contributed by atoms with Gasteiger partial charge in [0.2, 0.25) is 0 Å². The van der Waals surface area contributed by atoms with E-state index in [9.17, 15) is 4.57 Å². The molecule has 0 bridgehead atoms. The van der Waals surface area contributed by atoms with Gasteiger partial charge in [-0.15, -0.1) is 0 Å². The molecule has 0 spiro atoms. The third-order valence-corrected chi connectivity index (χ3v) is 12.4. The molecule has 8 heteroatoms. The van der Waals surface area contributed by atoms with Gasteiger partial charge in [-0.1, -0.05) is 63.5 Å². The van der Waals surface area contributed by atoms with E-state index in [1.807, 2.05) is 0 Å². The molecule has 1 unspecified atom stereocenters. The molecule has 0 aliphatic carbocycles. The summed E-state index contributed by atoms with van der Waals surface area (Å²) in [7, 11) is -5.78. The van der Waals surface area contributed by atoms with Crippen LogP contribution >= 0.6 is 7.60 Å². The Labute approximate surface area is 224 Å². The van der Waals surface area contributed by atoms with Crippen LogP contribution in [-0.2, 0) is 24.6 Å². The van der Waals surface area contributed by atoms with E-state index < -0.39 is 23.7 Å². The van der Waals surface area contributed by atoms with E-state index in [0.29, 0.717) is 19.4 Å². The molecule has 208 valence electrons. The van der Waals surface area contributed by atoms with Gasteiger partial charge in [0.1, 0.15) is 6.10 Å². The molecule has 1 aromatic carbocycles. The fourth-order valence-corrected chi connectivity index (χ4v) is 8.13. The van der Waals surface area contributed by atoms with Crippen molar-refractivity contribution in [2.45, 2.75) is 129 Å². The summed E-state index contributed by atoms with van der Waals surface area (Å²) in [6.07, 6.45) is 3.73. The number of piperidine rings is 1. The molecular weight excluding hydrogens is 501 g/mol. The molecule has 1 heterocycles. The topological polar surface area (TPSA) is 48.0 Å². The summed E-state index contributed by atoms with van der Waals surface area (Å²) in [4.78, 5) is 6.56. The van der Waals surface area contributed by atoms with Gasteiger partial charge in [-0.3, -0.25) is 9.40 Å². The molecule has 1 saturated heterocycles. The second-order valence-corrected chi connectivity index (χ2v) is 27.6. The maximum atomic E-state index is 13.7. The predicted octanol–water partition coefficient (Wildman–Crippen LogP) is 9.13. The molecule has 0 aromatic heterocycles. The molecule has 1 fully saturated rings. The van der Waals surface area contributed by atoms with Crippen LogP contribution in [0.2, 0.25) is 51.4 Å². The molecule has 0 N–H and O–H groups in total. The lowest BCUT2D eigenvalue weighted by Gasteiger charge is -2.52. The molecule has 1 aromatic rings. The zero-order valence-electron chi connectivity index (χ0n) is 25.1. The first-order chi connectivity index (χ1) is 16.3. The molecule has 1 aliphatic heterocycles. The minimum atomic E-state index is -3.21. The maximum absolute atomic E-state index is 13.7. The quantitative estimate of drug-likeness (QED) is 0.179. The van der Waals surface area contributed by atoms with Crippen molar-refractivity contribution < 1.29 is 18.5 Å². The molecule has 1 aliphatic rings. The number of rotatable bonds is 13. The summed E-state index contributed by atoms with van der Waals surface area (Å²) >= 11 is 0. The summed E-state index contributed by atoms with van der Waals surface area (Å²) < 4.78 is 25.7. The highest BCUT2D eigenvalue weighted by molar-refractivity contribution is 7.53. The highest BCUT2D eigenvalue weighted by Gasteiger charge is 2.43. The SMILES string of the molecule is CC(ON1C(C)(C)CCCC1(C)C)c1ccc(CP(=O)(OCC[Si](C)(C)C)OCC[Si](C)(C)C)cc1. The summed E-state index contributed by atoms with van der Waals surface area (Å²) in [6, 6.07) is 10.3. The van der Waals surface area contributed by atoms with Gasteiger partial charge in [-0.05, 0) is 77.1 Å². The van der Waals surface area contributed by atoms with Crippen molar-refractivity contribution in [2.75, 3.05) is 13.2 Å². The minimum Gasteiger partial charge on any atom is -0.309 e. The number of nitrogens with zero attached hydrogens (tertiary/aromatic N) is 1. The van der Waals surface area contributed by atoms with Gasteiger partial charge in [-0.2, -0.15) is 5.06 Å². The third-order valence-electron chi connectivity index (χ3n) is 7.05. The van der Waals surface area contributed by atoms with Crippen LogP contribution in [0, 0.1) is 0 Å². The van der Waals surface area contributed by atoms with Gasteiger partial charge >= 0.3 is 7.60 Å². The van der Waals surface area contributed by atoms with E-state index in [2.05, 4.69) is 103 Å². The van der Waals surface area contributed by atoms with Crippen LogP contribution in [0.4, 0.5) is 0 Å². The van der Waals surface area contributed by atoms with Crippen LogP contribution in [0.5, 0.6) is 0 Å². The van der Waals surface area contributed by atoms with Gasteiger partial charge in [0.25, 0.3) is 0 Å². The summed E-state index contributed by atoms with van der Waals surface area (Å²) in [5, 5.41) is 2.22. The second-order valence-electron chi connectivity index (χ2n) is 14.3. The summed E-state index contributed by atoms with van der Waals surface area (Å²) in [5.41, 5.74) is 2.10. The Balaban J connectivity index is 2.09. The highest BCUT2D eigenvalue weighted by atomic mass is 31.2. The van der Waals surface area contributed by atoms with Crippen LogP contribution in [0.15, 0.2) is 24.3 Å². The molecule has 0 amide bonds. The zero-order chi connectivity index (χ0) is 27.4. The Bertz CT molecular complexity index is 835. The highest BCUT2D eigenvalue weighted by Crippen LogP contribution is 2.52. The first-order valence-electron chi connectivity index (χ1n) is 13.8. The number of benzene rings is 1. The Morgan fingerprint density at radius 2 is 1.31 bits per heavy atom. The average molecular weight is 556 g/mol. The van der Waals surface area contributed by atoms with Gasteiger partial charge in [0.15, 0.2) is 0 Å². The number of hydroxylamine groups is 2. The lowest BCUT2D eigenvalue weighted by Crippen LogP contribution is -2.58. The zero-order valence-corrected chi connectivity index (χ0v) is 28.0. The van der Waals surface area contributed by atoms with E-state index in [1.54, 1.807) is 0 Å². The lowest BCUT2D eigenvalue weighted by molar-refractivity contribution is -0.304. The van der Waals surface area contributed by atoms with E-state index in [4.69, 9.17) is 13.9 Å².